The Morgan fingerprint density at radius 2 is 1.59 bits per heavy atom. The fourth-order valence-corrected chi connectivity index (χ4v) is 7.27. The van der Waals surface area contributed by atoms with E-state index in [9.17, 15) is 80.1 Å². The maximum Gasteiger partial charge on any atom is 0.351 e. The molecule has 0 aromatic heterocycles. The van der Waals surface area contributed by atoms with Gasteiger partial charge >= 0.3 is 23.9 Å². The number of esters is 1. The molecule has 2 fully saturated rings. The number of aliphatic hydroxyl groups excluding tert-OH is 5. The summed E-state index contributed by atoms with van der Waals surface area (Å²) in [5, 5.41) is 118. The SMILES string of the molecule is COc1cc(/C=C/C(=O)O[C@H]2[C@H](O[C@H]3[C@H](Oc4cc5c(cc4O)[N+](=C/C=C4/C=C(C(=O)O)NC(C(=O)O)C4)[C@H](C(=O)[O-])C5)O[C@H](CO)[C@@H](O)[C@@H]3O)O[C@H](C(=O)O)[C@@H](O)[C@@H]2O)ccc1O. The van der Waals surface area contributed by atoms with Gasteiger partial charge in [0.25, 0.3) is 0 Å². The molecule has 0 radical (unpaired) electrons. The quantitative estimate of drug-likeness (QED) is 0.0492. The van der Waals surface area contributed by atoms with Crippen molar-refractivity contribution in [2.24, 2.45) is 0 Å². The standard InChI is InChI=1S/C40H42N2O22/c1-59-24-10-15(2-4-22(24)44)3-5-27(46)62-33-31(50)30(49)32(38(57)58)63-40(33)64-34-29(48)28(47)26(14-43)61-39(34)60-25-12-17-11-21(37(55)56)42(20(17)13-23(25)45)7-6-16-8-18(35(51)52)41-19(9-16)36(53)54/h2-8,10,12-13,19,21,26,28-34,39-40,43,47-50H,9,11,14H2,1H3,(H6,44,45,46,51,52,53,54,55,56,57,58)/t19?,21-,26+,28+,29-,30-,31-,32-,33+,34+,39+,40-/m0/s1. The Bertz CT molecular complexity index is 2290. The number of phenols is 2. The zero-order valence-corrected chi connectivity index (χ0v) is 33.1. The molecule has 12 atom stereocenters. The van der Waals surface area contributed by atoms with Gasteiger partial charge in [-0.1, -0.05) is 6.07 Å². The Morgan fingerprint density at radius 3 is 2.23 bits per heavy atom. The van der Waals surface area contributed by atoms with E-state index >= 15 is 0 Å². The van der Waals surface area contributed by atoms with Crippen LogP contribution in [-0.4, -0.2) is 179 Å². The number of carboxylic acid groups (broad SMARTS) is 4. The van der Waals surface area contributed by atoms with Gasteiger partial charge in [0, 0.05) is 30.6 Å². The Kier molecular flexibility index (Phi) is 14.2. The summed E-state index contributed by atoms with van der Waals surface area (Å²) in [6, 6.07) is 3.53. The van der Waals surface area contributed by atoms with Gasteiger partial charge in [-0.2, -0.15) is 4.58 Å². The third-order valence-corrected chi connectivity index (χ3v) is 10.6. The van der Waals surface area contributed by atoms with E-state index in [4.69, 9.17) is 28.4 Å². The number of allylic oxidation sites excluding steroid dienone is 2. The van der Waals surface area contributed by atoms with Crippen LogP contribution in [0.15, 0.2) is 59.8 Å². The molecule has 0 amide bonds. The highest BCUT2D eigenvalue weighted by molar-refractivity contribution is 5.90. The number of rotatable bonds is 14. The third kappa shape index (κ3) is 9.93. The van der Waals surface area contributed by atoms with Crippen molar-refractivity contribution in [2.45, 2.75) is 86.3 Å². The van der Waals surface area contributed by atoms with Gasteiger partial charge in [-0.3, -0.25) is 0 Å². The number of benzene rings is 2. The molecule has 344 valence electrons. The average molecular weight is 903 g/mol. The number of methoxy groups -OCH3 is 1. The predicted octanol–water partition coefficient (Wildman–Crippen LogP) is -3.80. The Hall–Kier alpha value is -6.64. The van der Waals surface area contributed by atoms with Crippen molar-refractivity contribution in [3.8, 4) is 23.0 Å². The Labute approximate surface area is 359 Å². The van der Waals surface area contributed by atoms with Crippen molar-refractivity contribution in [1.82, 2.24) is 5.32 Å². The number of ether oxygens (including phenoxy) is 6. The van der Waals surface area contributed by atoms with Crippen LogP contribution in [0.2, 0.25) is 0 Å². The van der Waals surface area contributed by atoms with Crippen molar-refractivity contribution >= 4 is 47.8 Å². The zero-order chi connectivity index (χ0) is 46.7. The fourth-order valence-electron chi connectivity index (χ4n) is 7.27. The molecule has 0 spiro atoms. The van der Waals surface area contributed by atoms with Crippen LogP contribution < -0.4 is 19.9 Å². The van der Waals surface area contributed by atoms with Crippen LogP contribution in [0.3, 0.4) is 0 Å². The summed E-state index contributed by atoms with van der Waals surface area (Å²) in [4.78, 5) is 60.6. The maximum atomic E-state index is 13.0. The monoisotopic (exact) mass is 902 g/mol. The van der Waals surface area contributed by atoms with E-state index in [1.165, 1.54) is 49.7 Å². The highest BCUT2D eigenvalue weighted by atomic mass is 16.8. The van der Waals surface area contributed by atoms with Gasteiger partial charge in [-0.15, -0.1) is 0 Å². The van der Waals surface area contributed by atoms with Gasteiger partial charge in [0.2, 0.25) is 18.0 Å². The smallest absolute Gasteiger partial charge is 0.351 e. The van der Waals surface area contributed by atoms with Crippen LogP contribution >= 0.6 is 0 Å². The van der Waals surface area contributed by atoms with Crippen molar-refractivity contribution < 1.29 is 113 Å². The molecule has 11 N–H and O–H groups in total. The molecule has 24 nitrogen and oxygen atoms in total. The summed E-state index contributed by atoms with van der Waals surface area (Å²) in [5.41, 5.74) is 0.374. The number of aromatic hydroxyl groups is 2. The number of nitrogens with zero attached hydrogens (tertiary/aromatic N) is 1. The molecule has 0 bridgehead atoms. The summed E-state index contributed by atoms with van der Waals surface area (Å²) in [5.74, 6) is -8.68. The van der Waals surface area contributed by atoms with Gasteiger partial charge in [-0.25, -0.2) is 19.2 Å². The van der Waals surface area contributed by atoms with Gasteiger partial charge in [0.05, 0.1) is 19.8 Å². The summed E-state index contributed by atoms with van der Waals surface area (Å²) in [6.45, 7) is -0.924. The lowest BCUT2D eigenvalue weighted by atomic mass is 9.97. The lowest BCUT2D eigenvalue weighted by Gasteiger charge is -2.46. The van der Waals surface area contributed by atoms with Crippen molar-refractivity contribution in [2.75, 3.05) is 13.7 Å². The number of carbonyl (C=O) groups is 5. The number of aliphatic carboxylic acids is 4. The van der Waals surface area contributed by atoms with Crippen LogP contribution in [-0.2, 0) is 49.3 Å². The van der Waals surface area contributed by atoms with Gasteiger partial charge < -0.3 is 94.7 Å². The van der Waals surface area contributed by atoms with E-state index in [1.54, 1.807) is 0 Å². The second kappa shape index (κ2) is 19.4. The Morgan fingerprint density at radius 1 is 0.875 bits per heavy atom. The minimum Gasteiger partial charge on any atom is -0.543 e. The molecular weight excluding hydrogens is 860 g/mol. The van der Waals surface area contributed by atoms with Crippen LogP contribution in [0.1, 0.15) is 17.5 Å². The number of hydrogen-bond acceptors (Lipinski definition) is 20. The Balaban J connectivity index is 1.30. The van der Waals surface area contributed by atoms with E-state index in [-0.39, 0.29) is 41.2 Å². The van der Waals surface area contributed by atoms with E-state index in [2.05, 4.69) is 5.32 Å². The molecule has 2 aromatic rings. The molecule has 1 unspecified atom stereocenters. The zero-order valence-electron chi connectivity index (χ0n) is 33.1. The number of fused-ring (bicyclic) bond motifs is 1. The lowest BCUT2D eigenvalue weighted by Crippen LogP contribution is -2.66. The van der Waals surface area contributed by atoms with Crippen LogP contribution in [0, 0.1) is 0 Å². The van der Waals surface area contributed by atoms with Crippen LogP contribution in [0.25, 0.3) is 6.08 Å². The first-order valence-electron chi connectivity index (χ1n) is 19.1. The van der Waals surface area contributed by atoms with Crippen molar-refractivity contribution in [3.63, 3.8) is 0 Å². The summed E-state index contributed by atoms with van der Waals surface area (Å²) < 4.78 is 34.3. The van der Waals surface area contributed by atoms with Gasteiger partial charge in [0.1, 0.15) is 48.2 Å². The topological polar surface area (TPSA) is 381 Å². The van der Waals surface area contributed by atoms with Gasteiger partial charge in [-0.05, 0) is 41.5 Å². The molecule has 4 heterocycles. The normalized spacial score (nSPS) is 31.4. The summed E-state index contributed by atoms with van der Waals surface area (Å²) in [7, 11) is 1.29. The number of aliphatic hydroxyl groups is 5. The predicted molar refractivity (Wildman–Crippen MR) is 205 cm³/mol. The van der Waals surface area contributed by atoms with E-state index in [0.29, 0.717) is 5.56 Å². The highest BCUT2D eigenvalue weighted by Gasteiger charge is 2.54. The minimum atomic E-state index is -2.22. The largest absolute Gasteiger partial charge is 0.543 e. The van der Waals surface area contributed by atoms with E-state index in [0.717, 1.165) is 22.8 Å². The number of phenolic OH excluding ortho intramolecular Hbond substituents is 2. The molecule has 24 heteroatoms. The minimum absolute atomic E-state index is 0.0605. The van der Waals surface area contributed by atoms with Crippen molar-refractivity contribution in [1.29, 1.82) is 0 Å². The van der Waals surface area contributed by atoms with Crippen LogP contribution in [0.5, 0.6) is 23.0 Å². The first-order valence-corrected chi connectivity index (χ1v) is 19.1. The molecule has 4 aliphatic heterocycles. The first-order chi connectivity index (χ1) is 30.3. The number of carbonyl (C=O) groups excluding carboxylic acids is 2. The summed E-state index contributed by atoms with van der Waals surface area (Å²) in [6.07, 6.45) is -15.2. The lowest BCUT2D eigenvalue weighted by molar-refractivity contribution is -0.475. The fraction of sp³-hybridized carbons (Fsp3) is 0.400. The molecule has 0 aliphatic carbocycles. The second-order valence-corrected chi connectivity index (χ2v) is 14.7. The number of nitrogens with one attached hydrogen (secondary N) is 1. The first kappa shape index (κ1) is 46.9. The molecule has 2 aromatic carbocycles. The summed E-state index contributed by atoms with van der Waals surface area (Å²) >= 11 is 0. The molecule has 64 heavy (non-hydrogen) atoms. The number of hydrogen-bond donors (Lipinski definition) is 11. The maximum absolute atomic E-state index is 13.0. The molecular formula is C40H42N2O22. The molecule has 2 saturated heterocycles. The van der Waals surface area contributed by atoms with Crippen molar-refractivity contribution in [3.05, 3.63) is 71.0 Å². The van der Waals surface area contributed by atoms with Gasteiger partial charge in [0.15, 0.2) is 53.8 Å². The highest BCUT2D eigenvalue weighted by Crippen LogP contribution is 2.41. The molecule has 4 aliphatic rings. The second-order valence-electron chi connectivity index (χ2n) is 14.7. The molecule has 0 saturated carbocycles. The third-order valence-electron chi connectivity index (χ3n) is 10.6. The molecule has 6 rings (SSSR count). The number of carboxylic acids is 4. The average Bonchev–Trinajstić information content (AvgIpc) is 3.61. The van der Waals surface area contributed by atoms with E-state index < -0.39 is 127 Å². The van der Waals surface area contributed by atoms with E-state index in [1.807, 2.05) is 0 Å². The van der Waals surface area contributed by atoms with Crippen LogP contribution in [0.4, 0.5) is 5.69 Å².